The lowest BCUT2D eigenvalue weighted by atomic mass is 10.00. The molecule has 0 atom stereocenters. The number of nitrogens with one attached hydrogen (secondary N) is 1. The molecule has 0 saturated carbocycles. The van der Waals surface area contributed by atoms with Gasteiger partial charge >= 0.3 is 0 Å². The first-order valence-electron chi connectivity index (χ1n) is 11.1. The zero-order chi connectivity index (χ0) is 21.5. The number of hydrogen-bond donors (Lipinski definition) is 2. The molecule has 162 valence electrons. The third-order valence-electron chi connectivity index (χ3n) is 5.78. The molecule has 0 unspecified atom stereocenters. The average molecular weight is 418 g/mol. The molecule has 4 rings (SSSR count). The standard InChI is InChI=1S/C25H31N5O/c1-31-22-11-6-9-20(17-22)19-8-5-10-21(16-19)23-18-28-25(26)29-24(23)27-12-7-15-30-13-3-2-4-14-30/h5-6,8-11,16-18H,2-4,7,12-15H2,1H3,(H3,26,27,28,29). The predicted octanol–water partition coefficient (Wildman–Crippen LogP) is 4.69. The third kappa shape index (κ3) is 5.52. The Morgan fingerprint density at radius 3 is 2.55 bits per heavy atom. The fourth-order valence-electron chi connectivity index (χ4n) is 4.10. The van der Waals surface area contributed by atoms with Crippen molar-refractivity contribution in [2.75, 3.05) is 44.3 Å². The number of benzene rings is 2. The van der Waals surface area contributed by atoms with Gasteiger partial charge in [0.1, 0.15) is 11.6 Å². The smallest absolute Gasteiger partial charge is 0.221 e. The number of aromatic nitrogens is 2. The van der Waals surface area contributed by atoms with Gasteiger partial charge < -0.3 is 20.7 Å². The van der Waals surface area contributed by atoms with Crippen molar-refractivity contribution in [2.24, 2.45) is 0 Å². The summed E-state index contributed by atoms with van der Waals surface area (Å²) < 4.78 is 5.37. The van der Waals surface area contributed by atoms with Crippen LogP contribution in [0.5, 0.6) is 5.75 Å². The monoisotopic (exact) mass is 417 g/mol. The number of ether oxygens (including phenoxy) is 1. The minimum absolute atomic E-state index is 0.284. The average Bonchev–Trinajstić information content (AvgIpc) is 2.83. The number of rotatable bonds is 8. The lowest BCUT2D eigenvalue weighted by Gasteiger charge is -2.26. The van der Waals surface area contributed by atoms with Gasteiger partial charge in [-0.05, 0) is 73.8 Å². The lowest BCUT2D eigenvalue weighted by Crippen LogP contribution is -2.31. The van der Waals surface area contributed by atoms with E-state index in [1.54, 1.807) is 13.3 Å². The second kappa shape index (κ2) is 10.3. The first-order chi connectivity index (χ1) is 15.2. The maximum atomic E-state index is 5.90. The van der Waals surface area contributed by atoms with E-state index >= 15 is 0 Å². The number of likely N-dealkylation sites (tertiary alicyclic amines) is 1. The van der Waals surface area contributed by atoms with Gasteiger partial charge in [0, 0.05) is 18.3 Å². The number of nitrogen functional groups attached to an aromatic ring is 1. The molecule has 2 aromatic carbocycles. The van der Waals surface area contributed by atoms with Gasteiger partial charge in [-0.2, -0.15) is 4.98 Å². The van der Waals surface area contributed by atoms with Crippen LogP contribution in [0, 0.1) is 0 Å². The minimum atomic E-state index is 0.284. The molecule has 1 aromatic heterocycles. The summed E-state index contributed by atoms with van der Waals surface area (Å²) in [6.07, 6.45) is 6.90. The highest BCUT2D eigenvalue weighted by molar-refractivity contribution is 5.79. The summed E-state index contributed by atoms with van der Waals surface area (Å²) in [6.45, 7) is 4.43. The highest BCUT2D eigenvalue weighted by Crippen LogP contribution is 2.31. The van der Waals surface area contributed by atoms with Crippen molar-refractivity contribution in [1.82, 2.24) is 14.9 Å². The fraction of sp³-hybridized carbons (Fsp3) is 0.360. The van der Waals surface area contributed by atoms with Gasteiger partial charge in [0.15, 0.2) is 0 Å². The van der Waals surface area contributed by atoms with Crippen LogP contribution < -0.4 is 15.8 Å². The summed E-state index contributed by atoms with van der Waals surface area (Å²) in [4.78, 5) is 11.3. The minimum Gasteiger partial charge on any atom is -0.497 e. The van der Waals surface area contributed by atoms with E-state index in [1.807, 2.05) is 18.2 Å². The normalized spacial score (nSPS) is 14.4. The largest absolute Gasteiger partial charge is 0.497 e. The van der Waals surface area contributed by atoms with E-state index in [4.69, 9.17) is 10.5 Å². The predicted molar refractivity (Wildman–Crippen MR) is 127 cm³/mol. The van der Waals surface area contributed by atoms with Gasteiger partial charge in [0.05, 0.1) is 7.11 Å². The summed E-state index contributed by atoms with van der Waals surface area (Å²) in [5, 5.41) is 3.49. The molecule has 0 aliphatic carbocycles. The van der Waals surface area contributed by atoms with Crippen LogP contribution in [0.15, 0.2) is 54.7 Å². The summed E-state index contributed by atoms with van der Waals surface area (Å²) in [7, 11) is 1.68. The number of methoxy groups -OCH3 is 1. The molecule has 3 aromatic rings. The number of piperidine rings is 1. The zero-order valence-corrected chi connectivity index (χ0v) is 18.2. The quantitative estimate of drug-likeness (QED) is 0.518. The molecular formula is C25H31N5O. The van der Waals surface area contributed by atoms with Gasteiger partial charge in [-0.15, -0.1) is 0 Å². The Balaban J connectivity index is 1.50. The first kappa shape index (κ1) is 21.1. The number of hydrogen-bond acceptors (Lipinski definition) is 6. The maximum absolute atomic E-state index is 5.90. The van der Waals surface area contributed by atoms with E-state index in [2.05, 4.69) is 50.5 Å². The summed E-state index contributed by atoms with van der Waals surface area (Å²) in [5.74, 6) is 1.91. The van der Waals surface area contributed by atoms with Crippen molar-refractivity contribution < 1.29 is 4.74 Å². The van der Waals surface area contributed by atoms with E-state index in [0.717, 1.165) is 53.3 Å². The summed E-state index contributed by atoms with van der Waals surface area (Å²) in [5.41, 5.74) is 10.1. The molecule has 0 bridgehead atoms. The molecule has 1 fully saturated rings. The van der Waals surface area contributed by atoms with Crippen molar-refractivity contribution in [2.45, 2.75) is 25.7 Å². The van der Waals surface area contributed by atoms with Crippen LogP contribution in [0.4, 0.5) is 11.8 Å². The lowest BCUT2D eigenvalue weighted by molar-refractivity contribution is 0.228. The summed E-state index contributed by atoms with van der Waals surface area (Å²) in [6, 6.07) is 16.5. The van der Waals surface area contributed by atoms with Crippen LogP contribution in [0.2, 0.25) is 0 Å². The van der Waals surface area contributed by atoms with Gasteiger partial charge in [-0.1, -0.05) is 36.8 Å². The highest BCUT2D eigenvalue weighted by atomic mass is 16.5. The Morgan fingerprint density at radius 2 is 1.74 bits per heavy atom. The molecule has 0 spiro atoms. The van der Waals surface area contributed by atoms with E-state index in [-0.39, 0.29) is 5.95 Å². The van der Waals surface area contributed by atoms with Crippen molar-refractivity contribution in [1.29, 1.82) is 0 Å². The third-order valence-corrected chi connectivity index (χ3v) is 5.78. The second-order valence-electron chi connectivity index (χ2n) is 7.99. The zero-order valence-electron chi connectivity index (χ0n) is 18.2. The molecular weight excluding hydrogens is 386 g/mol. The molecule has 1 aliphatic heterocycles. The highest BCUT2D eigenvalue weighted by Gasteiger charge is 2.12. The molecule has 0 amide bonds. The Labute approximate surface area is 184 Å². The molecule has 31 heavy (non-hydrogen) atoms. The molecule has 6 heteroatoms. The second-order valence-corrected chi connectivity index (χ2v) is 7.99. The molecule has 1 saturated heterocycles. The van der Waals surface area contributed by atoms with E-state index < -0.39 is 0 Å². The number of anilines is 2. The van der Waals surface area contributed by atoms with Crippen molar-refractivity contribution in [3.63, 3.8) is 0 Å². The summed E-state index contributed by atoms with van der Waals surface area (Å²) >= 11 is 0. The van der Waals surface area contributed by atoms with Gasteiger partial charge in [0.2, 0.25) is 5.95 Å². The Hall–Kier alpha value is -3.12. The van der Waals surface area contributed by atoms with Crippen LogP contribution in [-0.4, -0.2) is 48.2 Å². The van der Waals surface area contributed by atoms with Gasteiger partial charge in [-0.25, -0.2) is 4.98 Å². The topological polar surface area (TPSA) is 76.3 Å². The van der Waals surface area contributed by atoms with Crippen LogP contribution >= 0.6 is 0 Å². The Morgan fingerprint density at radius 1 is 1.00 bits per heavy atom. The molecule has 0 radical (unpaired) electrons. The van der Waals surface area contributed by atoms with Crippen LogP contribution in [0.1, 0.15) is 25.7 Å². The molecule has 2 heterocycles. The van der Waals surface area contributed by atoms with Gasteiger partial charge in [-0.3, -0.25) is 0 Å². The van der Waals surface area contributed by atoms with Crippen molar-refractivity contribution in [3.8, 4) is 28.0 Å². The van der Waals surface area contributed by atoms with Crippen LogP contribution in [0.3, 0.4) is 0 Å². The molecule has 1 aliphatic rings. The SMILES string of the molecule is COc1cccc(-c2cccc(-c3cnc(N)nc3NCCCN3CCCCC3)c2)c1. The number of nitrogens with two attached hydrogens (primary N) is 1. The van der Waals surface area contributed by atoms with Crippen LogP contribution in [-0.2, 0) is 0 Å². The van der Waals surface area contributed by atoms with Crippen molar-refractivity contribution in [3.05, 3.63) is 54.7 Å². The number of nitrogens with zero attached hydrogens (tertiary/aromatic N) is 3. The van der Waals surface area contributed by atoms with Crippen molar-refractivity contribution >= 4 is 11.8 Å². The Bertz CT molecular complexity index is 1000. The Kier molecular flexibility index (Phi) is 6.99. The van der Waals surface area contributed by atoms with E-state index in [0.29, 0.717) is 0 Å². The molecule has 6 nitrogen and oxygen atoms in total. The fourth-order valence-corrected chi connectivity index (χ4v) is 4.10. The van der Waals surface area contributed by atoms with E-state index in [9.17, 15) is 0 Å². The first-order valence-corrected chi connectivity index (χ1v) is 11.1. The van der Waals surface area contributed by atoms with Crippen LogP contribution in [0.25, 0.3) is 22.3 Å². The van der Waals surface area contributed by atoms with Gasteiger partial charge in [0.25, 0.3) is 0 Å². The van der Waals surface area contributed by atoms with E-state index in [1.165, 1.54) is 32.4 Å². The molecule has 3 N–H and O–H groups in total. The maximum Gasteiger partial charge on any atom is 0.221 e.